The topological polar surface area (TPSA) is 75.7 Å². The van der Waals surface area contributed by atoms with Gasteiger partial charge in [-0.1, -0.05) is 52.5 Å². The molecular weight excluding hydrogens is 530 g/mol. The molecule has 1 N–H and O–H groups in total. The third-order valence-electron chi connectivity index (χ3n) is 4.51. The third-order valence-corrected chi connectivity index (χ3v) is 7.48. The monoisotopic (exact) mass is 546 g/mol. The molecule has 0 unspecified atom stereocenters. The van der Waals surface area contributed by atoms with E-state index in [2.05, 4.69) is 5.32 Å². The molecule has 0 aliphatic rings. The van der Waals surface area contributed by atoms with Gasteiger partial charge < -0.3 is 10.1 Å². The number of anilines is 2. The van der Waals surface area contributed by atoms with Gasteiger partial charge in [-0.3, -0.25) is 9.10 Å². The van der Waals surface area contributed by atoms with Crippen LogP contribution in [0.25, 0.3) is 0 Å². The fourth-order valence-corrected chi connectivity index (χ4v) is 5.49. The maximum Gasteiger partial charge on any atom is 0.268 e. The minimum absolute atomic E-state index is 0.102. The number of carbonyl (C=O) groups excluding carboxylic acids is 1. The van der Waals surface area contributed by atoms with Crippen LogP contribution in [0.3, 0.4) is 0 Å². The molecule has 0 aromatic heterocycles. The van der Waals surface area contributed by atoms with Crippen molar-refractivity contribution in [3.63, 3.8) is 0 Å². The first-order chi connectivity index (χ1) is 15.5. The fourth-order valence-electron chi connectivity index (χ4n) is 3.02. The molecule has 6 nitrogen and oxygen atoms in total. The number of hydrogen-bond acceptors (Lipinski definition) is 4. The van der Waals surface area contributed by atoms with Gasteiger partial charge in [0.25, 0.3) is 10.0 Å². The Bertz CT molecular complexity index is 1300. The Morgan fingerprint density at radius 1 is 0.939 bits per heavy atom. The number of methoxy groups -OCH3 is 1. The Kier molecular flexibility index (Phi) is 8.03. The maximum absolute atomic E-state index is 13.7. The lowest BCUT2D eigenvalue weighted by atomic mass is 10.2. The number of carbonyl (C=O) groups is 1. The molecule has 0 saturated carbocycles. The lowest BCUT2D eigenvalue weighted by Gasteiger charge is -2.25. The van der Waals surface area contributed by atoms with Gasteiger partial charge in [-0.25, -0.2) is 8.42 Å². The van der Waals surface area contributed by atoms with Gasteiger partial charge in [0.2, 0.25) is 5.91 Å². The summed E-state index contributed by atoms with van der Waals surface area (Å²) < 4.78 is 33.6. The number of hydrogen-bond donors (Lipinski definition) is 1. The van der Waals surface area contributed by atoms with E-state index in [1.54, 1.807) is 19.1 Å². The van der Waals surface area contributed by atoms with Crippen LogP contribution in [0.15, 0.2) is 59.5 Å². The summed E-state index contributed by atoms with van der Waals surface area (Å²) in [5.41, 5.74) is 1.16. The second-order valence-electron chi connectivity index (χ2n) is 6.97. The van der Waals surface area contributed by atoms with Crippen molar-refractivity contribution in [2.75, 3.05) is 23.3 Å². The number of benzene rings is 3. The zero-order valence-corrected chi connectivity index (χ0v) is 21.2. The standard InChI is InChI=1S/C22H18Cl4N2O4S/c1-13-3-6-20(32-2)21(7-13)33(30,31)28(17-4-5-18(25)19(26)11-17)12-22(29)27-16-9-14(23)8-15(24)10-16/h3-11H,12H2,1-2H3,(H,27,29). The van der Waals surface area contributed by atoms with E-state index in [1.165, 1.54) is 49.6 Å². The molecule has 0 aliphatic carbocycles. The number of sulfonamides is 1. The van der Waals surface area contributed by atoms with Crippen molar-refractivity contribution in [3.05, 3.63) is 80.3 Å². The molecule has 3 aromatic carbocycles. The number of halogens is 4. The minimum atomic E-state index is -4.26. The van der Waals surface area contributed by atoms with Crippen molar-refractivity contribution < 1.29 is 17.9 Å². The van der Waals surface area contributed by atoms with Crippen molar-refractivity contribution in [2.45, 2.75) is 11.8 Å². The van der Waals surface area contributed by atoms with Crippen LogP contribution in [0.5, 0.6) is 5.75 Å². The van der Waals surface area contributed by atoms with Crippen molar-refractivity contribution in [3.8, 4) is 5.75 Å². The molecule has 0 fully saturated rings. The highest BCUT2D eigenvalue weighted by Gasteiger charge is 2.30. The summed E-state index contributed by atoms with van der Waals surface area (Å²) in [6.07, 6.45) is 0. The van der Waals surface area contributed by atoms with E-state index >= 15 is 0 Å². The first-order valence-electron chi connectivity index (χ1n) is 9.39. The largest absolute Gasteiger partial charge is 0.495 e. The number of nitrogens with one attached hydrogen (secondary N) is 1. The minimum Gasteiger partial charge on any atom is -0.495 e. The molecule has 0 saturated heterocycles. The highest BCUT2D eigenvalue weighted by atomic mass is 35.5. The van der Waals surface area contributed by atoms with E-state index in [0.29, 0.717) is 21.3 Å². The zero-order valence-electron chi connectivity index (χ0n) is 17.4. The Labute approximate surface area is 212 Å². The summed E-state index contributed by atoms with van der Waals surface area (Å²) in [6.45, 7) is 1.18. The van der Waals surface area contributed by atoms with E-state index in [0.717, 1.165) is 4.31 Å². The van der Waals surface area contributed by atoms with Crippen LogP contribution >= 0.6 is 46.4 Å². The van der Waals surface area contributed by atoms with Gasteiger partial charge in [-0.05, 0) is 61.0 Å². The average molecular weight is 548 g/mol. The smallest absolute Gasteiger partial charge is 0.268 e. The molecule has 174 valence electrons. The van der Waals surface area contributed by atoms with Crippen LogP contribution in [0.2, 0.25) is 20.1 Å². The van der Waals surface area contributed by atoms with Gasteiger partial charge in [0.1, 0.15) is 17.2 Å². The molecule has 11 heteroatoms. The SMILES string of the molecule is COc1ccc(C)cc1S(=O)(=O)N(CC(=O)Nc1cc(Cl)cc(Cl)c1)c1ccc(Cl)c(Cl)c1. The van der Waals surface area contributed by atoms with E-state index in [4.69, 9.17) is 51.1 Å². The maximum atomic E-state index is 13.7. The van der Waals surface area contributed by atoms with Gasteiger partial charge in [-0.2, -0.15) is 0 Å². The first-order valence-corrected chi connectivity index (χ1v) is 12.3. The number of ether oxygens (including phenoxy) is 1. The van der Waals surface area contributed by atoms with Gasteiger partial charge in [-0.15, -0.1) is 0 Å². The quantitative estimate of drug-likeness (QED) is 0.368. The molecule has 0 radical (unpaired) electrons. The second-order valence-corrected chi connectivity index (χ2v) is 10.5. The summed E-state index contributed by atoms with van der Waals surface area (Å²) in [4.78, 5) is 12.8. The highest BCUT2D eigenvalue weighted by molar-refractivity contribution is 7.93. The molecule has 0 aliphatic heterocycles. The van der Waals surface area contributed by atoms with E-state index in [9.17, 15) is 13.2 Å². The van der Waals surface area contributed by atoms with E-state index < -0.39 is 22.5 Å². The normalized spacial score (nSPS) is 11.2. The summed E-state index contributed by atoms with van der Waals surface area (Å²) in [5, 5.41) is 3.61. The van der Waals surface area contributed by atoms with E-state index in [-0.39, 0.29) is 26.4 Å². The summed E-state index contributed by atoms with van der Waals surface area (Å²) in [7, 11) is -2.90. The number of amides is 1. The Balaban J connectivity index is 2.05. The van der Waals surface area contributed by atoms with Crippen molar-refractivity contribution >= 4 is 73.7 Å². The van der Waals surface area contributed by atoms with Crippen LogP contribution in [-0.2, 0) is 14.8 Å². The number of nitrogens with zero attached hydrogens (tertiary/aromatic N) is 1. The molecule has 0 spiro atoms. The number of aryl methyl sites for hydroxylation is 1. The Morgan fingerprint density at radius 3 is 2.21 bits per heavy atom. The van der Waals surface area contributed by atoms with Gasteiger partial charge in [0.15, 0.2) is 0 Å². The Morgan fingerprint density at radius 2 is 1.61 bits per heavy atom. The summed E-state index contributed by atoms with van der Waals surface area (Å²) in [6, 6.07) is 13.5. The van der Waals surface area contributed by atoms with Gasteiger partial charge in [0.05, 0.1) is 22.8 Å². The Hall–Kier alpha value is -2.16. The zero-order chi connectivity index (χ0) is 24.3. The molecule has 1 amide bonds. The number of rotatable bonds is 7. The molecule has 3 rings (SSSR count). The predicted octanol–water partition coefficient (Wildman–Crippen LogP) is 6.45. The summed E-state index contributed by atoms with van der Waals surface area (Å²) in [5.74, 6) is -0.498. The van der Waals surface area contributed by atoms with Crippen LogP contribution in [0, 0.1) is 6.92 Å². The lowest BCUT2D eigenvalue weighted by molar-refractivity contribution is -0.114. The van der Waals surface area contributed by atoms with E-state index in [1.807, 2.05) is 0 Å². The summed E-state index contributed by atoms with van der Waals surface area (Å²) >= 11 is 24.1. The van der Waals surface area contributed by atoms with Crippen LogP contribution in [0.1, 0.15) is 5.56 Å². The predicted molar refractivity (Wildman–Crippen MR) is 134 cm³/mol. The average Bonchev–Trinajstić information content (AvgIpc) is 2.73. The third kappa shape index (κ3) is 6.05. The van der Waals surface area contributed by atoms with Crippen LogP contribution in [-0.4, -0.2) is 28.0 Å². The molecular formula is C22H18Cl4N2O4S. The molecule has 0 bridgehead atoms. The fraction of sp³-hybridized carbons (Fsp3) is 0.136. The van der Waals surface area contributed by atoms with Gasteiger partial charge >= 0.3 is 0 Å². The van der Waals surface area contributed by atoms with Crippen LogP contribution < -0.4 is 14.4 Å². The molecule has 0 atom stereocenters. The molecule has 0 heterocycles. The molecule has 33 heavy (non-hydrogen) atoms. The van der Waals surface area contributed by atoms with Crippen molar-refractivity contribution in [1.82, 2.24) is 0 Å². The second kappa shape index (κ2) is 10.4. The first kappa shape index (κ1) is 25.5. The highest BCUT2D eigenvalue weighted by Crippen LogP contribution is 2.34. The van der Waals surface area contributed by atoms with Crippen LogP contribution in [0.4, 0.5) is 11.4 Å². The molecule has 3 aromatic rings. The van der Waals surface area contributed by atoms with Crippen molar-refractivity contribution in [1.29, 1.82) is 0 Å². The lowest BCUT2D eigenvalue weighted by Crippen LogP contribution is -2.38. The van der Waals surface area contributed by atoms with Gasteiger partial charge in [0, 0.05) is 15.7 Å². The van der Waals surface area contributed by atoms with Crippen molar-refractivity contribution in [2.24, 2.45) is 0 Å².